The summed E-state index contributed by atoms with van der Waals surface area (Å²) in [6, 6.07) is 10.2. The SMILES string of the molecule is CC(=O)c1ccc2c(c1)CCCN2Cc1ccncc1. The van der Waals surface area contributed by atoms with E-state index in [9.17, 15) is 4.79 Å². The maximum Gasteiger partial charge on any atom is 0.159 e. The van der Waals surface area contributed by atoms with Gasteiger partial charge in [0.2, 0.25) is 0 Å². The molecule has 1 aliphatic rings. The van der Waals surface area contributed by atoms with Crippen molar-refractivity contribution in [1.82, 2.24) is 4.98 Å². The van der Waals surface area contributed by atoms with Crippen LogP contribution in [0.25, 0.3) is 0 Å². The van der Waals surface area contributed by atoms with Gasteiger partial charge in [-0.15, -0.1) is 0 Å². The van der Waals surface area contributed by atoms with Gasteiger partial charge < -0.3 is 4.90 Å². The molecule has 1 aliphatic heterocycles. The van der Waals surface area contributed by atoms with Crippen LogP contribution in [0.3, 0.4) is 0 Å². The molecule has 0 saturated heterocycles. The number of hydrogen-bond acceptors (Lipinski definition) is 3. The molecule has 3 heteroatoms. The summed E-state index contributed by atoms with van der Waals surface area (Å²) < 4.78 is 0. The lowest BCUT2D eigenvalue weighted by Gasteiger charge is -2.31. The highest BCUT2D eigenvalue weighted by Crippen LogP contribution is 2.29. The standard InChI is InChI=1S/C17H18N2O/c1-13(20)15-4-5-17-16(11-15)3-2-10-19(17)12-14-6-8-18-9-7-14/h4-9,11H,2-3,10,12H2,1H3. The minimum absolute atomic E-state index is 0.138. The number of hydrogen-bond donors (Lipinski definition) is 0. The molecule has 20 heavy (non-hydrogen) atoms. The van der Waals surface area contributed by atoms with Crippen LogP contribution in [-0.2, 0) is 13.0 Å². The van der Waals surface area contributed by atoms with Crippen LogP contribution in [0.5, 0.6) is 0 Å². The second-order valence-corrected chi connectivity index (χ2v) is 5.28. The van der Waals surface area contributed by atoms with Crippen LogP contribution in [0.2, 0.25) is 0 Å². The topological polar surface area (TPSA) is 33.2 Å². The normalized spacial score (nSPS) is 13.9. The molecule has 0 amide bonds. The molecule has 0 aliphatic carbocycles. The van der Waals surface area contributed by atoms with Crippen molar-refractivity contribution in [3.05, 3.63) is 59.4 Å². The molecule has 0 N–H and O–H groups in total. The number of aromatic nitrogens is 1. The molecule has 0 fully saturated rings. The monoisotopic (exact) mass is 266 g/mol. The fourth-order valence-corrected chi connectivity index (χ4v) is 2.77. The van der Waals surface area contributed by atoms with Crippen molar-refractivity contribution in [2.75, 3.05) is 11.4 Å². The van der Waals surface area contributed by atoms with E-state index in [2.05, 4.69) is 34.1 Å². The summed E-state index contributed by atoms with van der Waals surface area (Å²) in [5.74, 6) is 0.138. The molecule has 0 spiro atoms. The van der Waals surface area contributed by atoms with Crippen LogP contribution in [0.15, 0.2) is 42.7 Å². The van der Waals surface area contributed by atoms with Crippen LogP contribution in [-0.4, -0.2) is 17.3 Å². The lowest BCUT2D eigenvalue weighted by atomic mass is 9.97. The summed E-state index contributed by atoms with van der Waals surface area (Å²) in [4.78, 5) is 17.9. The number of benzene rings is 1. The molecule has 3 nitrogen and oxygen atoms in total. The molecule has 102 valence electrons. The second-order valence-electron chi connectivity index (χ2n) is 5.28. The van der Waals surface area contributed by atoms with Gasteiger partial charge in [0.05, 0.1) is 0 Å². The zero-order valence-corrected chi connectivity index (χ0v) is 11.7. The van der Waals surface area contributed by atoms with Crippen LogP contribution in [0.4, 0.5) is 5.69 Å². The Morgan fingerprint density at radius 3 is 2.80 bits per heavy atom. The lowest BCUT2D eigenvalue weighted by molar-refractivity contribution is 0.101. The van der Waals surface area contributed by atoms with Gasteiger partial charge in [-0.05, 0) is 61.2 Å². The highest BCUT2D eigenvalue weighted by molar-refractivity contribution is 5.94. The van der Waals surface area contributed by atoms with E-state index in [0.717, 1.165) is 31.5 Å². The largest absolute Gasteiger partial charge is 0.367 e. The third-order valence-electron chi connectivity index (χ3n) is 3.82. The van der Waals surface area contributed by atoms with Crippen LogP contribution in [0, 0.1) is 0 Å². The van der Waals surface area contributed by atoms with Gasteiger partial charge in [-0.3, -0.25) is 9.78 Å². The number of carbonyl (C=O) groups excluding carboxylic acids is 1. The van der Waals surface area contributed by atoms with Gasteiger partial charge in [0.25, 0.3) is 0 Å². The molecule has 1 aromatic heterocycles. The minimum atomic E-state index is 0.138. The number of rotatable bonds is 3. The first-order valence-corrected chi connectivity index (χ1v) is 7.02. The molecular formula is C17H18N2O. The Balaban J connectivity index is 1.88. The number of aryl methyl sites for hydroxylation is 1. The maximum absolute atomic E-state index is 11.5. The van der Waals surface area contributed by atoms with E-state index in [1.54, 1.807) is 6.92 Å². The third-order valence-corrected chi connectivity index (χ3v) is 3.82. The number of nitrogens with zero attached hydrogens (tertiary/aromatic N) is 2. The summed E-state index contributed by atoms with van der Waals surface area (Å²) in [7, 11) is 0. The Labute approximate surface area is 119 Å². The van der Waals surface area contributed by atoms with Gasteiger partial charge >= 0.3 is 0 Å². The Bertz CT molecular complexity index is 622. The molecule has 1 aromatic carbocycles. The molecule has 0 unspecified atom stereocenters. The Kier molecular flexibility index (Phi) is 3.50. The zero-order valence-electron chi connectivity index (χ0n) is 11.7. The smallest absolute Gasteiger partial charge is 0.159 e. The van der Waals surface area contributed by atoms with E-state index < -0.39 is 0 Å². The highest BCUT2D eigenvalue weighted by Gasteiger charge is 2.17. The lowest BCUT2D eigenvalue weighted by Crippen LogP contribution is -2.28. The third kappa shape index (κ3) is 2.57. The fraction of sp³-hybridized carbons (Fsp3) is 0.294. The quantitative estimate of drug-likeness (QED) is 0.800. The van der Waals surface area contributed by atoms with Crippen molar-refractivity contribution in [3.8, 4) is 0 Å². The summed E-state index contributed by atoms with van der Waals surface area (Å²) in [5.41, 5.74) is 4.63. The van der Waals surface area contributed by atoms with Gasteiger partial charge in [0.1, 0.15) is 0 Å². The molecule has 3 rings (SSSR count). The number of fused-ring (bicyclic) bond motifs is 1. The van der Waals surface area contributed by atoms with Crippen LogP contribution >= 0.6 is 0 Å². The van der Waals surface area contributed by atoms with E-state index in [1.165, 1.54) is 16.8 Å². The fourth-order valence-electron chi connectivity index (χ4n) is 2.77. The van der Waals surface area contributed by atoms with Crippen molar-refractivity contribution in [3.63, 3.8) is 0 Å². The van der Waals surface area contributed by atoms with Crippen molar-refractivity contribution >= 4 is 11.5 Å². The van der Waals surface area contributed by atoms with Crippen LogP contribution in [0.1, 0.15) is 34.8 Å². The molecule has 0 radical (unpaired) electrons. The summed E-state index contributed by atoms with van der Waals surface area (Å²) in [6.07, 6.45) is 5.86. The van der Waals surface area contributed by atoms with E-state index in [0.29, 0.717) is 0 Å². The Morgan fingerprint density at radius 2 is 2.05 bits per heavy atom. The van der Waals surface area contributed by atoms with Gasteiger partial charge in [0.15, 0.2) is 5.78 Å². The predicted octanol–water partition coefficient (Wildman–Crippen LogP) is 3.24. The van der Waals surface area contributed by atoms with E-state index in [4.69, 9.17) is 0 Å². The highest BCUT2D eigenvalue weighted by atomic mass is 16.1. The van der Waals surface area contributed by atoms with Gasteiger partial charge in [-0.2, -0.15) is 0 Å². The number of ketones is 1. The molecule has 0 bridgehead atoms. The van der Waals surface area contributed by atoms with Crippen molar-refractivity contribution < 1.29 is 4.79 Å². The molecule has 0 saturated carbocycles. The molecule has 2 heterocycles. The van der Waals surface area contributed by atoms with Crippen LogP contribution < -0.4 is 4.90 Å². The first kappa shape index (κ1) is 12.9. The van der Waals surface area contributed by atoms with Crippen molar-refractivity contribution in [2.45, 2.75) is 26.3 Å². The first-order valence-electron chi connectivity index (χ1n) is 7.02. The van der Waals surface area contributed by atoms with E-state index in [1.807, 2.05) is 18.5 Å². The Morgan fingerprint density at radius 1 is 1.25 bits per heavy atom. The van der Waals surface area contributed by atoms with E-state index >= 15 is 0 Å². The second kappa shape index (κ2) is 5.45. The number of anilines is 1. The first-order chi connectivity index (χ1) is 9.74. The van der Waals surface area contributed by atoms with Gasteiger partial charge in [0, 0.05) is 36.7 Å². The van der Waals surface area contributed by atoms with Gasteiger partial charge in [-0.1, -0.05) is 0 Å². The molecule has 0 atom stereocenters. The number of carbonyl (C=O) groups is 1. The average Bonchev–Trinajstić information content (AvgIpc) is 2.48. The predicted molar refractivity (Wildman–Crippen MR) is 80.1 cm³/mol. The minimum Gasteiger partial charge on any atom is -0.367 e. The summed E-state index contributed by atoms with van der Waals surface area (Å²) in [5, 5.41) is 0. The Hall–Kier alpha value is -2.16. The number of Topliss-reactive ketones (excluding diaryl/α,β-unsaturated/α-hetero) is 1. The zero-order chi connectivity index (χ0) is 13.9. The van der Waals surface area contributed by atoms with Gasteiger partial charge in [-0.25, -0.2) is 0 Å². The molecular weight excluding hydrogens is 248 g/mol. The summed E-state index contributed by atoms with van der Waals surface area (Å²) in [6.45, 7) is 3.59. The molecule has 2 aromatic rings. The number of pyridine rings is 1. The van der Waals surface area contributed by atoms with E-state index in [-0.39, 0.29) is 5.78 Å². The maximum atomic E-state index is 11.5. The van der Waals surface area contributed by atoms with Crippen molar-refractivity contribution in [2.24, 2.45) is 0 Å². The average molecular weight is 266 g/mol. The van der Waals surface area contributed by atoms with Crippen molar-refractivity contribution in [1.29, 1.82) is 0 Å². The summed E-state index contributed by atoms with van der Waals surface area (Å²) >= 11 is 0.